The van der Waals surface area contributed by atoms with Gasteiger partial charge in [-0.15, -0.1) is 0 Å². The zero-order valence-corrected chi connectivity index (χ0v) is 16.9. The number of aliphatic imine (C=N–C) groups is 1. The van der Waals surface area contributed by atoms with Crippen molar-refractivity contribution in [2.45, 2.75) is 44.6 Å². The molecule has 2 heterocycles. The van der Waals surface area contributed by atoms with Crippen LogP contribution < -0.4 is 11.1 Å². The van der Waals surface area contributed by atoms with E-state index in [4.69, 9.17) is 10.5 Å². The number of nitrogens with one attached hydrogen (secondary N) is 1. The monoisotopic (exact) mass is 404 g/mol. The Kier molecular flexibility index (Phi) is 4.36. The van der Waals surface area contributed by atoms with E-state index in [1.165, 1.54) is 0 Å². The fourth-order valence-electron chi connectivity index (χ4n) is 4.37. The van der Waals surface area contributed by atoms with Gasteiger partial charge in [0.1, 0.15) is 5.71 Å². The molecule has 30 heavy (non-hydrogen) atoms. The number of rotatable bonds is 4. The Bertz CT molecular complexity index is 1050. The summed E-state index contributed by atoms with van der Waals surface area (Å²) in [6.07, 6.45) is 0.811. The predicted octanol–water partition coefficient (Wildman–Crippen LogP) is 2.28. The Hall–Kier alpha value is -3.19. The van der Waals surface area contributed by atoms with Crippen molar-refractivity contribution in [1.29, 1.82) is 0 Å². The molecule has 1 atom stereocenters. The Morgan fingerprint density at radius 1 is 1.20 bits per heavy atom. The topological polar surface area (TPSA) is 97.0 Å². The van der Waals surface area contributed by atoms with Crippen molar-refractivity contribution in [3.63, 3.8) is 0 Å². The number of nitrogens with two attached hydrogens (primary N) is 1. The third-order valence-electron chi connectivity index (χ3n) is 6.15. The highest BCUT2D eigenvalue weighted by Gasteiger charge is 2.53. The zero-order chi connectivity index (χ0) is 20.9. The average Bonchev–Trinajstić information content (AvgIpc) is 3.45. The average molecular weight is 404 g/mol. The van der Waals surface area contributed by atoms with E-state index in [1.807, 2.05) is 49.4 Å². The highest BCUT2D eigenvalue weighted by Crippen LogP contribution is 2.50. The number of carbonyl (C=O) groups excluding carboxylic acids is 2. The first-order valence-corrected chi connectivity index (χ1v) is 10.3. The summed E-state index contributed by atoms with van der Waals surface area (Å²) in [6, 6.07) is 13.7. The Morgan fingerprint density at radius 3 is 2.53 bits per heavy atom. The summed E-state index contributed by atoms with van der Waals surface area (Å²) in [6.45, 7) is 3.27. The fourth-order valence-corrected chi connectivity index (χ4v) is 4.37. The van der Waals surface area contributed by atoms with Crippen LogP contribution in [0.2, 0.25) is 0 Å². The maximum atomic E-state index is 13.4. The van der Waals surface area contributed by atoms with Gasteiger partial charge in [0.15, 0.2) is 6.29 Å². The van der Waals surface area contributed by atoms with E-state index in [2.05, 4.69) is 10.3 Å². The molecule has 3 N–H and O–H groups in total. The second kappa shape index (κ2) is 6.95. The van der Waals surface area contributed by atoms with Crippen LogP contribution in [0.5, 0.6) is 0 Å². The molecule has 1 unspecified atom stereocenters. The standard InChI is InChI=1S/C23H24N4O3/c1-2-30-21(29)23(9-10-23)16-7-8-18-17(11-16)19(26-22(24)25-18)20(28)27-12-14-5-3-4-6-15(14)13-27/h3-8,11,22,25H,2,9-10,12-13,24H2,1H3. The summed E-state index contributed by atoms with van der Waals surface area (Å²) < 4.78 is 5.30. The molecule has 2 aliphatic heterocycles. The van der Waals surface area contributed by atoms with Crippen molar-refractivity contribution in [3.05, 3.63) is 64.7 Å². The first-order chi connectivity index (χ1) is 14.5. The van der Waals surface area contributed by atoms with Gasteiger partial charge in [0, 0.05) is 24.3 Å². The lowest BCUT2D eigenvalue weighted by molar-refractivity contribution is -0.146. The molecule has 0 spiro atoms. The van der Waals surface area contributed by atoms with E-state index in [0.717, 1.165) is 35.2 Å². The maximum absolute atomic E-state index is 13.4. The van der Waals surface area contributed by atoms with E-state index >= 15 is 0 Å². The van der Waals surface area contributed by atoms with E-state index in [9.17, 15) is 9.59 Å². The summed E-state index contributed by atoms with van der Waals surface area (Å²) in [5, 5.41) is 3.11. The molecule has 0 saturated heterocycles. The summed E-state index contributed by atoms with van der Waals surface area (Å²) in [5.41, 5.74) is 10.4. The lowest BCUT2D eigenvalue weighted by Gasteiger charge is -2.26. The summed E-state index contributed by atoms with van der Waals surface area (Å²) >= 11 is 0. The minimum atomic E-state index is -0.688. The maximum Gasteiger partial charge on any atom is 0.316 e. The molecule has 2 aromatic rings. The predicted molar refractivity (Wildman–Crippen MR) is 113 cm³/mol. The molecule has 7 heteroatoms. The highest BCUT2D eigenvalue weighted by molar-refractivity contribution is 6.46. The van der Waals surface area contributed by atoms with Gasteiger partial charge < -0.3 is 15.0 Å². The zero-order valence-electron chi connectivity index (χ0n) is 16.9. The lowest BCUT2D eigenvalue weighted by atomic mass is 9.91. The second-order valence-electron chi connectivity index (χ2n) is 8.06. The molecule has 1 aliphatic carbocycles. The van der Waals surface area contributed by atoms with E-state index < -0.39 is 11.7 Å². The summed E-state index contributed by atoms with van der Waals surface area (Å²) in [5.74, 6) is -0.354. The number of anilines is 1. The van der Waals surface area contributed by atoms with E-state index in [-0.39, 0.29) is 11.9 Å². The molecule has 154 valence electrons. The number of amides is 1. The van der Waals surface area contributed by atoms with Crippen LogP contribution in [0.4, 0.5) is 5.69 Å². The van der Waals surface area contributed by atoms with Crippen molar-refractivity contribution in [2.75, 3.05) is 11.9 Å². The van der Waals surface area contributed by atoms with Gasteiger partial charge in [-0.05, 0) is 48.6 Å². The van der Waals surface area contributed by atoms with Gasteiger partial charge in [-0.25, -0.2) is 4.99 Å². The van der Waals surface area contributed by atoms with Crippen molar-refractivity contribution in [1.82, 2.24) is 4.90 Å². The van der Waals surface area contributed by atoms with Crippen molar-refractivity contribution >= 4 is 23.3 Å². The van der Waals surface area contributed by atoms with Gasteiger partial charge in [0.2, 0.25) is 0 Å². The smallest absolute Gasteiger partial charge is 0.316 e. The van der Waals surface area contributed by atoms with Gasteiger partial charge >= 0.3 is 5.97 Å². The van der Waals surface area contributed by atoms with Gasteiger partial charge in [0.05, 0.1) is 12.0 Å². The number of fused-ring (bicyclic) bond motifs is 2. The largest absolute Gasteiger partial charge is 0.465 e. The van der Waals surface area contributed by atoms with Crippen LogP contribution in [-0.4, -0.2) is 35.4 Å². The minimum Gasteiger partial charge on any atom is -0.465 e. The van der Waals surface area contributed by atoms with Gasteiger partial charge in [-0.2, -0.15) is 0 Å². The first-order valence-electron chi connectivity index (χ1n) is 10.3. The summed E-state index contributed by atoms with van der Waals surface area (Å²) in [7, 11) is 0. The van der Waals surface area contributed by atoms with Crippen LogP contribution in [0.25, 0.3) is 0 Å². The normalized spacial score (nSPS) is 20.5. The Labute approximate surface area is 174 Å². The minimum absolute atomic E-state index is 0.150. The van der Waals surface area contributed by atoms with Crippen molar-refractivity contribution < 1.29 is 14.3 Å². The van der Waals surface area contributed by atoms with Crippen LogP contribution >= 0.6 is 0 Å². The van der Waals surface area contributed by atoms with Crippen LogP contribution in [-0.2, 0) is 32.8 Å². The van der Waals surface area contributed by atoms with Crippen LogP contribution in [0.1, 0.15) is 42.0 Å². The molecule has 0 aromatic heterocycles. The number of carbonyl (C=O) groups is 2. The molecule has 0 bridgehead atoms. The van der Waals surface area contributed by atoms with Gasteiger partial charge in [-0.3, -0.25) is 15.3 Å². The SMILES string of the molecule is CCOC(=O)C1(c2ccc3c(c2)C(C(=O)N2Cc4ccccc4C2)=NC(N)N3)CC1. The van der Waals surface area contributed by atoms with Gasteiger partial charge in [-0.1, -0.05) is 30.3 Å². The van der Waals surface area contributed by atoms with Crippen molar-refractivity contribution in [3.8, 4) is 0 Å². The number of hydrogen-bond acceptors (Lipinski definition) is 6. The number of esters is 1. The molecule has 0 radical (unpaired) electrons. The lowest BCUT2D eigenvalue weighted by Crippen LogP contribution is -2.40. The molecule has 2 aromatic carbocycles. The Balaban J connectivity index is 1.48. The molecule has 5 rings (SSSR count). The molecule has 1 amide bonds. The number of nitrogens with zero attached hydrogens (tertiary/aromatic N) is 2. The van der Waals surface area contributed by atoms with Crippen LogP contribution in [0.15, 0.2) is 47.5 Å². The Morgan fingerprint density at radius 2 is 1.90 bits per heavy atom. The van der Waals surface area contributed by atoms with E-state index in [1.54, 1.807) is 4.90 Å². The number of hydrogen-bond donors (Lipinski definition) is 2. The van der Waals surface area contributed by atoms with Crippen LogP contribution in [0, 0.1) is 0 Å². The van der Waals surface area contributed by atoms with Gasteiger partial charge in [0.25, 0.3) is 5.91 Å². The number of ether oxygens (including phenoxy) is 1. The second-order valence-corrected chi connectivity index (χ2v) is 8.06. The molecular formula is C23H24N4O3. The van der Waals surface area contributed by atoms with E-state index in [0.29, 0.717) is 31.0 Å². The molecule has 1 saturated carbocycles. The molecular weight excluding hydrogens is 380 g/mol. The summed E-state index contributed by atoms with van der Waals surface area (Å²) in [4.78, 5) is 32.2. The molecule has 3 aliphatic rings. The fraction of sp³-hybridized carbons (Fsp3) is 0.348. The third kappa shape index (κ3) is 2.97. The molecule has 1 fully saturated rings. The molecule has 7 nitrogen and oxygen atoms in total. The number of benzene rings is 2. The highest BCUT2D eigenvalue weighted by atomic mass is 16.5. The first kappa shape index (κ1) is 18.8. The van der Waals surface area contributed by atoms with Crippen molar-refractivity contribution in [2.24, 2.45) is 10.7 Å². The quantitative estimate of drug-likeness (QED) is 0.762. The third-order valence-corrected chi connectivity index (χ3v) is 6.15. The van der Waals surface area contributed by atoms with Crippen LogP contribution in [0.3, 0.4) is 0 Å².